The third kappa shape index (κ3) is 3.03. The monoisotopic (exact) mass is 338 g/mol. The highest BCUT2D eigenvalue weighted by atomic mass is 79.9. The van der Waals surface area contributed by atoms with Crippen LogP contribution in [-0.4, -0.2) is 9.91 Å². The predicted molar refractivity (Wildman–Crippen MR) is 77.2 cm³/mol. The number of para-hydroxylation sites is 1. The molecule has 0 aliphatic heterocycles. The summed E-state index contributed by atoms with van der Waals surface area (Å²) in [6, 6.07) is 8.13. The van der Waals surface area contributed by atoms with Crippen molar-refractivity contribution in [3.8, 4) is 5.75 Å². The van der Waals surface area contributed by atoms with E-state index in [0.717, 1.165) is 0 Å². The number of benzene rings is 1. The Hall–Kier alpha value is -2.19. The molecule has 3 N–H and O–H groups in total. The Bertz CT molecular complexity index is 636. The summed E-state index contributed by atoms with van der Waals surface area (Å²) in [6.07, 6.45) is 1.58. The van der Waals surface area contributed by atoms with Crippen LogP contribution in [-0.2, 0) is 6.61 Å². The van der Waals surface area contributed by atoms with Gasteiger partial charge in [0, 0.05) is 17.8 Å². The molecule has 104 valence electrons. The van der Waals surface area contributed by atoms with Crippen LogP contribution < -0.4 is 16.0 Å². The molecule has 20 heavy (non-hydrogen) atoms. The van der Waals surface area contributed by atoms with Crippen molar-refractivity contribution in [2.45, 2.75) is 6.61 Å². The summed E-state index contributed by atoms with van der Waals surface area (Å²) in [5.74, 6) is 5.97. The fraction of sp³-hybridized carbons (Fsp3) is 0.0833. The Morgan fingerprint density at radius 1 is 1.40 bits per heavy atom. The molecule has 2 aromatic rings. The Morgan fingerprint density at radius 3 is 2.90 bits per heavy atom. The number of nitrogens with one attached hydrogen (secondary N) is 1. The summed E-state index contributed by atoms with van der Waals surface area (Å²) in [7, 11) is 0. The van der Waals surface area contributed by atoms with Crippen molar-refractivity contribution < 1.29 is 9.66 Å². The molecule has 0 unspecified atom stereocenters. The second-order valence-corrected chi connectivity index (χ2v) is 4.64. The van der Waals surface area contributed by atoms with Gasteiger partial charge >= 0.3 is 5.69 Å². The van der Waals surface area contributed by atoms with Crippen LogP contribution in [0.2, 0.25) is 0 Å². The van der Waals surface area contributed by atoms with Crippen LogP contribution in [0, 0.1) is 10.1 Å². The molecule has 8 heteroatoms. The molecule has 7 nitrogen and oxygen atoms in total. The number of ether oxygens (including phenoxy) is 1. The van der Waals surface area contributed by atoms with E-state index in [4.69, 9.17) is 10.6 Å². The average molecular weight is 339 g/mol. The molecule has 0 spiro atoms. The SMILES string of the molecule is NNc1ncccc1COc1c(Br)cccc1[N+](=O)[O-]. The Balaban J connectivity index is 2.25. The van der Waals surface area contributed by atoms with Crippen LogP contribution in [0.15, 0.2) is 41.0 Å². The van der Waals surface area contributed by atoms with E-state index >= 15 is 0 Å². The van der Waals surface area contributed by atoms with E-state index in [1.54, 1.807) is 30.5 Å². The number of aromatic nitrogens is 1. The maximum absolute atomic E-state index is 11.0. The molecule has 0 saturated heterocycles. The number of nitrogen functional groups attached to an aromatic ring is 1. The molecule has 1 heterocycles. The molecule has 2 rings (SSSR count). The molecule has 1 aromatic heterocycles. The lowest BCUT2D eigenvalue weighted by atomic mass is 10.2. The van der Waals surface area contributed by atoms with Gasteiger partial charge in [0.2, 0.25) is 5.75 Å². The summed E-state index contributed by atoms with van der Waals surface area (Å²) >= 11 is 3.24. The average Bonchev–Trinajstić information content (AvgIpc) is 2.46. The number of hydrazine groups is 1. The lowest BCUT2D eigenvalue weighted by molar-refractivity contribution is -0.386. The first kappa shape index (κ1) is 14.2. The number of pyridine rings is 1. The molecule has 0 aliphatic carbocycles. The standard InChI is InChI=1S/C12H11BrN4O3/c13-9-4-1-5-10(17(18)19)11(9)20-7-8-3-2-6-15-12(8)16-14/h1-6H,7,14H2,(H,15,16). The third-order valence-electron chi connectivity index (χ3n) is 2.54. The number of hydrogen-bond donors (Lipinski definition) is 2. The molecule has 0 fully saturated rings. The first-order valence-electron chi connectivity index (χ1n) is 5.59. The lowest BCUT2D eigenvalue weighted by Gasteiger charge is -2.10. The first-order chi connectivity index (χ1) is 9.63. The summed E-state index contributed by atoms with van der Waals surface area (Å²) in [4.78, 5) is 14.5. The highest BCUT2D eigenvalue weighted by Crippen LogP contribution is 2.35. The number of halogens is 1. The topological polar surface area (TPSA) is 103 Å². The van der Waals surface area contributed by atoms with E-state index in [2.05, 4.69) is 26.3 Å². The Labute approximate surface area is 123 Å². The summed E-state index contributed by atoms with van der Waals surface area (Å²) < 4.78 is 6.05. The zero-order valence-corrected chi connectivity index (χ0v) is 11.8. The van der Waals surface area contributed by atoms with Gasteiger partial charge in [-0.3, -0.25) is 10.1 Å². The van der Waals surface area contributed by atoms with Gasteiger partial charge in [0.25, 0.3) is 0 Å². The van der Waals surface area contributed by atoms with Gasteiger partial charge in [-0.15, -0.1) is 0 Å². The van der Waals surface area contributed by atoms with Crippen molar-refractivity contribution in [3.63, 3.8) is 0 Å². The van der Waals surface area contributed by atoms with Gasteiger partial charge in [-0.1, -0.05) is 12.1 Å². The quantitative estimate of drug-likeness (QED) is 0.493. The van der Waals surface area contributed by atoms with E-state index in [1.807, 2.05) is 0 Å². The van der Waals surface area contributed by atoms with E-state index < -0.39 is 4.92 Å². The van der Waals surface area contributed by atoms with Crippen LogP contribution in [0.3, 0.4) is 0 Å². The van der Waals surface area contributed by atoms with Gasteiger partial charge < -0.3 is 10.2 Å². The van der Waals surface area contributed by atoms with Crippen molar-refractivity contribution in [3.05, 3.63) is 56.7 Å². The van der Waals surface area contributed by atoms with Crippen LogP contribution in [0.25, 0.3) is 0 Å². The third-order valence-corrected chi connectivity index (χ3v) is 3.17. The minimum atomic E-state index is -0.495. The fourth-order valence-electron chi connectivity index (χ4n) is 1.62. The van der Waals surface area contributed by atoms with Crippen LogP contribution in [0.5, 0.6) is 5.75 Å². The molecule has 0 bridgehead atoms. The smallest absolute Gasteiger partial charge is 0.312 e. The lowest BCUT2D eigenvalue weighted by Crippen LogP contribution is -2.12. The van der Waals surface area contributed by atoms with E-state index in [9.17, 15) is 10.1 Å². The molecule has 0 saturated carbocycles. The number of anilines is 1. The number of nitro groups is 1. The maximum Gasteiger partial charge on any atom is 0.312 e. The van der Waals surface area contributed by atoms with Crippen LogP contribution in [0.4, 0.5) is 11.5 Å². The minimum Gasteiger partial charge on any atom is -0.481 e. The van der Waals surface area contributed by atoms with Gasteiger partial charge in [-0.05, 0) is 28.1 Å². The zero-order chi connectivity index (χ0) is 14.5. The number of nitrogens with zero attached hydrogens (tertiary/aromatic N) is 2. The van der Waals surface area contributed by atoms with Crippen LogP contribution in [0.1, 0.15) is 5.56 Å². The Morgan fingerprint density at radius 2 is 2.20 bits per heavy atom. The summed E-state index contributed by atoms with van der Waals surface area (Å²) in [5, 5.41) is 11.0. The normalized spacial score (nSPS) is 10.1. The molecule has 0 atom stereocenters. The maximum atomic E-state index is 11.0. The zero-order valence-electron chi connectivity index (χ0n) is 10.2. The van der Waals surface area contributed by atoms with Crippen molar-refractivity contribution in [1.82, 2.24) is 4.98 Å². The van der Waals surface area contributed by atoms with Crippen molar-refractivity contribution in [1.29, 1.82) is 0 Å². The van der Waals surface area contributed by atoms with Gasteiger partial charge in [0.05, 0.1) is 9.40 Å². The molecule has 1 aromatic carbocycles. The molecular formula is C12H11BrN4O3. The summed E-state index contributed by atoms with van der Waals surface area (Å²) in [5.41, 5.74) is 3.04. The molecule has 0 radical (unpaired) electrons. The molecule has 0 aliphatic rings. The Kier molecular flexibility index (Phi) is 4.49. The van der Waals surface area contributed by atoms with Crippen molar-refractivity contribution >= 4 is 27.4 Å². The predicted octanol–water partition coefficient (Wildman–Crippen LogP) is 2.62. The van der Waals surface area contributed by atoms with E-state index in [-0.39, 0.29) is 18.0 Å². The second kappa shape index (κ2) is 6.31. The first-order valence-corrected chi connectivity index (χ1v) is 6.39. The van der Waals surface area contributed by atoms with Crippen molar-refractivity contribution in [2.24, 2.45) is 5.84 Å². The number of nitrogens with two attached hydrogens (primary N) is 1. The second-order valence-electron chi connectivity index (χ2n) is 3.79. The summed E-state index contributed by atoms with van der Waals surface area (Å²) in [6.45, 7) is 0.108. The molecule has 0 amide bonds. The number of hydrogen-bond acceptors (Lipinski definition) is 6. The van der Waals surface area contributed by atoms with Crippen molar-refractivity contribution in [2.75, 3.05) is 5.43 Å². The highest BCUT2D eigenvalue weighted by molar-refractivity contribution is 9.10. The molecular weight excluding hydrogens is 328 g/mol. The van der Waals surface area contributed by atoms with E-state index in [1.165, 1.54) is 6.07 Å². The van der Waals surface area contributed by atoms with Crippen LogP contribution >= 0.6 is 15.9 Å². The van der Waals surface area contributed by atoms with E-state index in [0.29, 0.717) is 15.9 Å². The van der Waals surface area contributed by atoms with Gasteiger partial charge in [-0.25, -0.2) is 10.8 Å². The van der Waals surface area contributed by atoms with Gasteiger partial charge in [0.1, 0.15) is 12.4 Å². The number of nitro benzene ring substituents is 1. The fourth-order valence-corrected chi connectivity index (χ4v) is 2.09. The minimum absolute atomic E-state index is 0.106. The van der Waals surface area contributed by atoms with Gasteiger partial charge in [-0.2, -0.15) is 0 Å². The number of rotatable bonds is 5. The highest BCUT2D eigenvalue weighted by Gasteiger charge is 2.18. The largest absolute Gasteiger partial charge is 0.481 e. The van der Waals surface area contributed by atoms with Gasteiger partial charge in [0.15, 0.2) is 0 Å².